The summed E-state index contributed by atoms with van der Waals surface area (Å²) in [5.74, 6) is -0.0625. The van der Waals surface area contributed by atoms with Crippen LogP contribution in [0.5, 0.6) is 0 Å². The number of hydrogen-bond donors (Lipinski definition) is 2. The van der Waals surface area contributed by atoms with Gasteiger partial charge in [0.15, 0.2) is 0 Å². The maximum atomic E-state index is 11.8. The number of nitrogens with zero attached hydrogens (tertiary/aromatic N) is 1. The largest absolute Gasteiger partial charge is 0.369 e. The predicted molar refractivity (Wildman–Crippen MR) is 65.8 cm³/mol. The van der Waals surface area contributed by atoms with Gasteiger partial charge in [0.2, 0.25) is 15.9 Å². The van der Waals surface area contributed by atoms with E-state index >= 15 is 0 Å². The molecule has 0 aromatic rings. The number of nitrogens with one attached hydrogen (secondary N) is 1. The zero-order valence-electron chi connectivity index (χ0n) is 10.2. The van der Waals surface area contributed by atoms with Crippen molar-refractivity contribution in [3.05, 3.63) is 0 Å². The van der Waals surface area contributed by atoms with Crippen LogP contribution in [0.25, 0.3) is 0 Å². The molecule has 0 aromatic carbocycles. The van der Waals surface area contributed by atoms with Crippen molar-refractivity contribution in [2.75, 3.05) is 32.4 Å². The number of primary amides is 1. The van der Waals surface area contributed by atoms with Crippen molar-refractivity contribution in [3.63, 3.8) is 0 Å². The zero-order chi connectivity index (χ0) is 12.9. The molecule has 1 aliphatic heterocycles. The fourth-order valence-electron chi connectivity index (χ4n) is 1.96. The first kappa shape index (κ1) is 14.4. The number of sulfonamides is 1. The molecule has 0 bridgehead atoms. The standard InChI is InChI=1S/C10H21N3O3S/c1-13(8-10(11)14)17(15,16)7-4-9-2-5-12-6-3-9/h9,12H,2-8H2,1H3,(H2,11,14). The second-order valence-electron chi connectivity index (χ2n) is 4.52. The first-order valence-electron chi connectivity index (χ1n) is 5.85. The van der Waals surface area contributed by atoms with Crippen molar-refractivity contribution in [2.24, 2.45) is 11.7 Å². The Morgan fingerprint density at radius 3 is 2.53 bits per heavy atom. The molecule has 7 heteroatoms. The van der Waals surface area contributed by atoms with Gasteiger partial charge in [-0.2, -0.15) is 4.31 Å². The monoisotopic (exact) mass is 263 g/mol. The van der Waals surface area contributed by atoms with E-state index in [0.29, 0.717) is 12.3 Å². The molecule has 0 radical (unpaired) electrons. The lowest BCUT2D eigenvalue weighted by molar-refractivity contribution is -0.118. The number of piperidine rings is 1. The normalized spacial score (nSPS) is 18.5. The van der Waals surface area contributed by atoms with Gasteiger partial charge in [0.1, 0.15) is 0 Å². The molecular weight excluding hydrogens is 242 g/mol. The highest BCUT2D eigenvalue weighted by molar-refractivity contribution is 7.89. The quantitative estimate of drug-likeness (QED) is 0.651. The second kappa shape index (κ2) is 6.32. The van der Waals surface area contributed by atoms with Gasteiger partial charge in [-0.25, -0.2) is 8.42 Å². The van der Waals surface area contributed by atoms with E-state index in [1.165, 1.54) is 7.05 Å². The Hall–Kier alpha value is -0.660. The maximum absolute atomic E-state index is 11.8. The molecule has 1 fully saturated rings. The minimum absolute atomic E-state index is 0.0987. The Morgan fingerprint density at radius 1 is 1.41 bits per heavy atom. The third-order valence-corrected chi connectivity index (χ3v) is 4.93. The topological polar surface area (TPSA) is 92.5 Å². The molecule has 1 saturated heterocycles. The summed E-state index contributed by atoms with van der Waals surface area (Å²) >= 11 is 0. The summed E-state index contributed by atoms with van der Waals surface area (Å²) in [6, 6.07) is 0. The van der Waals surface area contributed by atoms with Crippen molar-refractivity contribution < 1.29 is 13.2 Å². The van der Waals surface area contributed by atoms with Crippen molar-refractivity contribution in [2.45, 2.75) is 19.3 Å². The maximum Gasteiger partial charge on any atom is 0.232 e. The minimum Gasteiger partial charge on any atom is -0.369 e. The van der Waals surface area contributed by atoms with Crippen molar-refractivity contribution in [1.29, 1.82) is 0 Å². The molecular formula is C10H21N3O3S. The highest BCUT2D eigenvalue weighted by atomic mass is 32.2. The third kappa shape index (κ3) is 5.01. The summed E-state index contributed by atoms with van der Waals surface area (Å²) in [6.45, 7) is 1.68. The van der Waals surface area contributed by atoms with Crippen LogP contribution in [-0.4, -0.2) is 51.1 Å². The van der Waals surface area contributed by atoms with E-state index in [1.807, 2.05) is 0 Å². The van der Waals surface area contributed by atoms with Crippen LogP contribution >= 0.6 is 0 Å². The van der Waals surface area contributed by atoms with Gasteiger partial charge in [0.05, 0.1) is 12.3 Å². The van der Waals surface area contributed by atoms with Crippen LogP contribution in [0.15, 0.2) is 0 Å². The number of rotatable bonds is 6. The number of carbonyl (C=O) groups excluding carboxylic acids is 1. The first-order valence-corrected chi connectivity index (χ1v) is 7.46. The molecule has 0 unspecified atom stereocenters. The molecule has 3 N–H and O–H groups in total. The molecule has 100 valence electrons. The average molecular weight is 263 g/mol. The minimum atomic E-state index is -3.34. The molecule has 17 heavy (non-hydrogen) atoms. The number of amides is 1. The Kier molecular flexibility index (Phi) is 5.35. The summed E-state index contributed by atoms with van der Waals surface area (Å²) in [5, 5.41) is 3.24. The summed E-state index contributed by atoms with van der Waals surface area (Å²) in [5.41, 5.74) is 4.98. The molecule has 0 saturated carbocycles. The lowest BCUT2D eigenvalue weighted by Crippen LogP contribution is -2.37. The van der Waals surface area contributed by atoms with Crippen molar-refractivity contribution in [3.8, 4) is 0 Å². The van der Waals surface area contributed by atoms with E-state index in [1.54, 1.807) is 0 Å². The lowest BCUT2D eigenvalue weighted by atomic mass is 9.96. The Labute approximate surface area is 103 Å². The van der Waals surface area contributed by atoms with Gasteiger partial charge in [-0.05, 0) is 38.3 Å². The molecule has 0 aromatic heterocycles. The van der Waals surface area contributed by atoms with Crippen LogP contribution in [0.3, 0.4) is 0 Å². The van der Waals surface area contributed by atoms with Crippen LogP contribution in [0, 0.1) is 5.92 Å². The van der Waals surface area contributed by atoms with E-state index in [4.69, 9.17) is 5.73 Å². The molecule has 0 atom stereocenters. The Bertz CT molecular complexity index is 350. The summed E-state index contributed by atoms with van der Waals surface area (Å²) in [7, 11) is -1.95. The van der Waals surface area contributed by atoms with Gasteiger partial charge in [-0.15, -0.1) is 0 Å². The third-order valence-electron chi connectivity index (χ3n) is 3.10. The van der Waals surface area contributed by atoms with Gasteiger partial charge in [-0.1, -0.05) is 0 Å². The highest BCUT2D eigenvalue weighted by Crippen LogP contribution is 2.17. The van der Waals surface area contributed by atoms with Gasteiger partial charge in [-0.3, -0.25) is 4.79 Å². The van der Waals surface area contributed by atoms with E-state index in [2.05, 4.69) is 5.32 Å². The zero-order valence-corrected chi connectivity index (χ0v) is 11.0. The number of carbonyl (C=O) groups is 1. The van der Waals surface area contributed by atoms with E-state index in [0.717, 1.165) is 30.2 Å². The van der Waals surface area contributed by atoms with E-state index in [9.17, 15) is 13.2 Å². The van der Waals surface area contributed by atoms with Crippen LogP contribution in [0.2, 0.25) is 0 Å². The van der Waals surface area contributed by atoms with Crippen molar-refractivity contribution in [1.82, 2.24) is 9.62 Å². The van der Waals surface area contributed by atoms with Gasteiger partial charge >= 0.3 is 0 Å². The second-order valence-corrected chi connectivity index (χ2v) is 6.72. The fourth-order valence-corrected chi connectivity index (χ4v) is 3.23. The van der Waals surface area contributed by atoms with Gasteiger partial charge < -0.3 is 11.1 Å². The molecule has 0 spiro atoms. The SMILES string of the molecule is CN(CC(N)=O)S(=O)(=O)CCC1CCNCC1. The number of likely N-dealkylation sites (N-methyl/N-ethyl adjacent to an activating group) is 1. The average Bonchev–Trinajstić information content (AvgIpc) is 2.27. The number of hydrogen-bond acceptors (Lipinski definition) is 4. The summed E-state index contributed by atoms with van der Waals surface area (Å²) in [6.07, 6.45) is 2.71. The van der Waals surface area contributed by atoms with Crippen LogP contribution in [0.4, 0.5) is 0 Å². The Morgan fingerprint density at radius 2 is 2.00 bits per heavy atom. The molecule has 0 aliphatic carbocycles. The summed E-state index contributed by atoms with van der Waals surface area (Å²) in [4.78, 5) is 10.7. The summed E-state index contributed by atoms with van der Waals surface area (Å²) < 4.78 is 24.7. The van der Waals surface area contributed by atoms with Crippen molar-refractivity contribution >= 4 is 15.9 Å². The van der Waals surface area contributed by atoms with Gasteiger partial charge in [0.25, 0.3) is 0 Å². The fraction of sp³-hybridized carbons (Fsp3) is 0.900. The van der Waals surface area contributed by atoms with Crippen LogP contribution in [0.1, 0.15) is 19.3 Å². The highest BCUT2D eigenvalue weighted by Gasteiger charge is 2.22. The lowest BCUT2D eigenvalue weighted by Gasteiger charge is -2.23. The van der Waals surface area contributed by atoms with Crippen LogP contribution in [-0.2, 0) is 14.8 Å². The molecule has 1 aliphatic rings. The van der Waals surface area contributed by atoms with E-state index < -0.39 is 15.9 Å². The molecule has 1 amide bonds. The Balaban J connectivity index is 2.40. The predicted octanol–water partition coefficient (Wildman–Crippen LogP) is -0.877. The first-order chi connectivity index (χ1) is 7.92. The van der Waals surface area contributed by atoms with Crippen LogP contribution < -0.4 is 11.1 Å². The smallest absolute Gasteiger partial charge is 0.232 e. The molecule has 1 rings (SSSR count). The number of nitrogens with two attached hydrogens (primary N) is 1. The molecule has 1 heterocycles. The molecule has 6 nitrogen and oxygen atoms in total. The van der Waals surface area contributed by atoms with Gasteiger partial charge in [0, 0.05) is 7.05 Å². The van der Waals surface area contributed by atoms with E-state index in [-0.39, 0.29) is 12.3 Å².